The number of nitrogens with one attached hydrogen (secondary N) is 1. The Bertz CT molecular complexity index is 660. The van der Waals surface area contributed by atoms with E-state index in [0.717, 1.165) is 5.56 Å². The van der Waals surface area contributed by atoms with Crippen LogP contribution in [0.5, 0.6) is 0 Å². The van der Waals surface area contributed by atoms with E-state index < -0.39 is 5.60 Å². The zero-order valence-corrected chi connectivity index (χ0v) is 12.7. The van der Waals surface area contributed by atoms with E-state index >= 15 is 0 Å². The van der Waals surface area contributed by atoms with Crippen LogP contribution in [0.3, 0.4) is 0 Å². The van der Waals surface area contributed by atoms with Gasteiger partial charge in [0.15, 0.2) is 5.78 Å². The summed E-state index contributed by atoms with van der Waals surface area (Å²) in [5, 5.41) is 13.2. The Morgan fingerprint density at radius 1 is 1.00 bits per heavy atom. The fourth-order valence-corrected chi connectivity index (χ4v) is 2.11. The number of Topliss-reactive ketones (excluding diaryl/α,β-unsaturated/α-hetero) is 1. The average molecular weight is 297 g/mol. The van der Waals surface area contributed by atoms with Crippen molar-refractivity contribution in [1.82, 2.24) is 5.32 Å². The lowest BCUT2D eigenvalue weighted by Crippen LogP contribution is -2.38. The Hall–Kier alpha value is -2.46. The van der Waals surface area contributed by atoms with Crippen LogP contribution in [-0.2, 0) is 5.60 Å². The minimum atomic E-state index is -1.14. The maximum Gasteiger partial charge on any atom is 0.251 e. The number of amides is 1. The molecular formula is C18H19NO3. The first-order chi connectivity index (χ1) is 10.4. The van der Waals surface area contributed by atoms with Crippen LogP contribution in [-0.4, -0.2) is 23.3 Å². The topological polar surface area (TPSA) is 66.4 Å². The Kier molecular flexibility index (Phi) is 4.73. The van der Waals surface area contributed by atoms with Crippen LogP contribution in [0.4, 0.5) is 0 Å². The Balaban J connectivity index is 2.02. The smallest absolute Gasteiger partial charge is 0.251 e. The number of carbonyl (C=O) groups is 2. The highest BCUT2D eigenvalue weighted by molar-refractivity contribution is 5.97. The Morgan fingerprint density at radius 3 is 2.09 bits per heavy atom. The summed E-state index contributed by atoms with van der Waals surface area (Å²) in [6, 6.07) is 15.6. The maximum atomic E-state index is 12.1. The van der Waals surface area contributed by atoms with Crippen molar-refractivity contribution in [2.24, 2.45) is 0 Å². The van der Waals surface area contributed by atoms with Crippen molar-refractivity contribution in [3.63, 3.8) is 0 Å². The SMILES string of the molecule is CC(=O)c1ccc(C(=O)NCC(C)(O)c2ccccc2)cc1. The van der Waals surface area contributed by atoms with E-state index in [4.69, 9.17) is 0 Å². The molecule has 0 aliphatic carbocycles. The molecule has 0 saturated heterocycles. The average Bonchev–Trinajstić information content (AvgIpc) is 2.53. The van der Waals surface area contributed by atoms with Crippen molar-refractivity contribution in [1.29, 1.82) is 0 Å². The van der Waals surface area contributed by atoms with Gasteiger partial charge in [0.05, 0.1) is 6.54 Å². The molecule has 0 heterocycles. The molecule has 1 amide bonds. The fourth-order valence-electron chi connectivity index (χ4n) is 2.11. The van der Waals surface area contributed by atoms with Gasteiger partial charge in [-0.25, -0.2) is 0 Å². The summed E-state index contributed by atoms with van der Waals surface area (Å²) in [6.45, 7) is 3.23. The highest BCUT2D eigenvalue weighted by atomic mass is 16.3. The summed E-state index contributed by atoms with van der Waals surface area (Å²) in [6.07, 6.45) is 0. The van der Waals surface area contributed by atoms with E-state index in [9.17, 15) is 14.7 Å². The molecule has 22 heavy (non-hydrogen) atoms. The molecule has 0 aromatic heterocycles. The molecule has 2 aromatic carbocycles. The van der Waals surface area contributed by atoms with Gasteiger partial charge >= 0.3 is 0 Å². The first-order valence-electron chi connectivity index (χ1n) is 7.07. The van der Waals surface area contributed by atoms with Gasteiger partial charge in [0.2, 0.25) is 0 Å². The second-order valence-corrected chi connectivity index (χ2v) is 5.46. The van der Waals surface area contributed by atoms with E-state index in [-0.39, 0.29) is 18.2 Å². The third-order valence-corrected chi connectivity index (χ3v) is 3.54. The molecule has 0 fully saturated rings. The zero-order valence-electron chi connectivity index (χ0n) is 12.7. The van der Waals surface area contributed by atoms with Crippen molar-refractivity contribution in [3.05, 3.63) is 71.3 Å². The molecule has 1 unspecified atom stereocenters. The molecule has 0 aliphatic rings. The monoisotopic (exact) mass is 297 g/mol. The van der Waals surface area contributed by atoms with Gasteiger partial charge < -0.3 is 10.4 Å². The summed E-state index contributed by atoms with van der Waals surface area (Å²) >= 11 is 0. The number of benzene rings is 2. The van der Waals surface area contributed by atoms with Crippen LogP contribution in [0.15, 0.2) is 54.6 Å². The first kappa shape index (κ1) is 15.9. The van der Waals surface area contributed by atoms with Crippen LogP contribution in [0.1, 0.15) is 40.1 Å². The van der Waals surface area contributed by atoms with Gasteiger partial charge in [-0.05, 0) is 31.5 Å². The highest BCUT2D eigenvalue weighted by Crippen LogP contribution is 2.19. The molecule has 1 atom stereocenters. The molecule has 114 valence electrons. The van der Waals surface area contributed by atoms with E-state index in [0.29, 0.717) is 11.1 Å². The normalized spacial score (nSPS) is 13.2. The maximum absolute atomic E-state index is 12.1. The predicted octanol–water partition coefficient (Wildman–Crippen LogP) is 2.53. The van der Waals surface area contributed by atoms with E-state index in [2.05, 4.69) is 5.32 Å². The van der Waals surface area contributed by atoms with Crippen LogP contribution >= 0.6 is 0 Å². The van der Waals surface area contributed by atoms with E-state index in [1.165, 1.54) is 6.92 Å². The molecule has 4 nitrogen and oxygen atoms in total. The lowest BCUT2D eigenvalue weighted by Gasteiger charge is -2.24. The van der Waals surface area contributed by atoms with Crippen molar-refractivity contribution in [2.75, 3.05) is 6.54 Å². The Morgan fingerprint density at radius 2 is 1.55 bits per heavy atom. The van der Waals surface area contributed by atoms with Crippen molar-refractivity contribution in [2.45, 2.75) is 19.4 Å². The lowest BCUT2D eigenvalue weighted by atomic mass is 9.96. The first-order valence-corrected chi connectivity index (χ1v) is 7.07. The number of carbonyl (C=O) groups excluding carboxylic acids is 2. The van der Waals surface area contributed by atoms with Gasteiger partial charge in [-0.2, -0.15) is 0 Å². The third-order valence-electron chi connectivity index (χ3n) is 3.54. The molecule has 0 aliphatic heterocycles. The summed E-state index contributed by atoms with van der Waals surface area (Å²) in [5.41, 5.74) is 0.611. The molecule has 2 aromatic rings. The van der Waals surface area contributed by atoms with Crippen LogP contribution in [0, 0.1) is 0 Å². The summed E-state index contributed by atoms with van der Waals surface area (Å²) in [7, 11) is 0. The summed E-state index contributed by atoms with van der Waals surface area (Å²) < 4.78 is 0. The number of ketones is 1. The van der Waals surface area contributed by atoms with Gasteiger partial charge in [-0.3, -0.25) is 9.59 Å². The van der Waals surface area contributed by atoms with Gasteiger partial charge in [-0.15, -0.1) is 0 Å². The minimum absolute atomic E-state index is 0.0426. The highest BCUT2D eigenvalue weighted by Gasteiger charge is 2.23. The third kappa shape index (κ3) is 3.80. The lowest BCUT2D eigenvalue weighted by molar-refractivity contribution is 0.0526. The number of hydrogen-bond acceptors (Lipinski definition) is 3. The van der Waals surface area contributed by atoms with E-state index in [1.807, 2.05) is 30.3 Å². The minimum Gasteiger partial charge on any atom is -0.384 e. The fraction of sp³-hybridized carbons (Fsp3) is 0.222. The van der Waals surface area contributed by atoms with Crippen LogP contribution in [0.2, 0.25) is 0 Å². The number of hydrogen-bond donors (Lipinski definition) is 2. The molecule has 0 radical (unpaired) electrons. The predicted molar refractivity (Wildman–Crippen MR) is 84.8 cm³/mol. The molecule has 4 heteroatoms. The standard InChI is InChI=1S/C18H19NO3/c1-13(20)14-8-10-15(11-9-14)17(21)19-12-18(2,22)16-6-4-3-5-7-16/h3-11,22H,12H2,1-2H3,(H,19,21). The zero-order chi connectivity index (χ0) is 16.2. The largest absolute Gasteiger partial charge is 0.384 e. The van der Waals surface area contributed by atoms with Crippen molar-refractivity contribution in [3.8, 4) is 0 Å². The summed E-state index contributed by atoms with van der Waals surface area (Å²) in [4.78, 5) is 23.3. The van der Waals surface area contributed by atoms with Crippen molar-refractivity contribution < 1.29 is 14.7 Å². The van der Waals surface area contributed by atoms with Gasteiger partial charge in [0, 0.05) is 11.1 Å². The Labute approximate surface area is 129 Å². The quantitative estimate of drug-likeness (QED) is 0.833. The van der Waals surface area contributed by atoms with Crippen LogP contribution < -0.4 is 5.32 Å². The molecule has 2 rings (SSSR count). The molecule has 0 saturated carbocycles. The number of rotatable bonds is 5. The van der Waals surface area contributed by atoms with Gasteiger partial charge in [-0.1, -0.05) is 42.5 Å². The second-order valence-electron chi connectivity index (χ2n) is 5.46. The second kappa shape index (κ2) is 6.54. The molecule has 2 N–H and O–H groups in total. The number of aliphatic hydroxyl groups is 1. The van der Waals surface area contributed by atoms with E-state index in [1.54, 1.807) is 31.2 Å². The molecule has 0 spiro atoms. The van der Waals surface area contributed by atoms with Gasteiger partial charge in [0.1, 0.15) is 5.60 Å². The van der Waals surface area contributed by atoms with Crippen LogP contribution in [0.25, 0.3) is 0 Å². The molecular weight excluding hydrogens is 278 g/mol. The summed E-state index contributed by atoms with van der Waals surface area (Å²) in [5.74, 6) is -0.328. The van der Waals surface area contributed by atoms with Gasteiger partial charge in [0.25, 0.3) is 5.91 Å². The molecule has 0 bridgehead atoms. The van der Waals surface area contributed by atoms with Crippen molar-refractivity contribution >= 4 is 11.7 Å².